The summed E-state index contributed by atoms with van der Waals surface area (Å²) in [5.41, 5.74) is 1.16. The van der Waals surface area contributed by atoms with E-state index in [0.29, 0.717) is 6.04 Å². The van der Waals surface area contributed by atoms with Crippen LogP contribution in [0.25, 0.3) is 0 Å². The molecule has 0 fully saturated rings. The molecule has 0 saturated carbocycles. The van der Waals surface area contributed by atoms with Crippen LogP contribution in [0.5, 0.6) is 0 Å². The minimum atomic E-state index is 0.445. The van der Waals surface area contributed by atoms with Gasteiger partial charge in [-0.25, -0.2) is 0 Å². The van der Waals surface area contributed by atoms with Crippen molar-refractivity contribution in [3.63, 3.8) is 0 Å². The number of hydrogen-bond donors (Lipinski definition) is 1. The number of likely N-dealkylation sites (N-methyl/N-ethyl adjacent to an activating group) is 2. The normalized spacial score (nSPS) is 11.6. The predicted octanol–water partition coefficient (Wildman–Crippen LogP) is 1.90. The van der Waals surface area contributed by atoms with Gasteiger partial charge < -0.3 is 5.32 Å². The first-order valence-corrected chi connectivity index (χ1v) is 6.64. The molecule has 4 nitrogen and oxygen atoms in total. The van der Waals surface area contributed by atoms with Crippen LogP contribution < -0.4 is 5.32 Å². The van der Waals surface area contributed by atoms with Crippen molar-refractivity contribution in [3.05, 3.63) is 18.0 Å². The molecule has 1 aromatic heterocycles. The van der Waals surface area contributed by atoms with Gasteiger partial charge in [0.05, 0.1) is 5.69 Å². The molecule has 98 valence electrons. The van der Waals surface area contributed by atoms with E-state index in [0.717, 1.165) is 38.4 Å². The minimum absolute atomic E-state index is 0.445. The standard InChI is InChI=1S/C13H26N4/c1-5-14-8-10-16(6-2)11-13-7-9-17(15-13)12(3)4/h7,9,12,14H,5-6,8,10-11H2,1-4H3. The van der Waals surface area contributed by atoms with Crippen molar-refractivity contribution < 1.29 is 0 Å². The van der Waals surface area contributed by atoms with Gasteiger partial charge in [0.25, 0.3) is 0 Å². The molecular formula is C13H26N4. The van der Waals surface area contributed by atoms with Crippen molar-refractivity contribution in [3.8, 4) is 0 Å². The number of aromatic nitrogens is 2. The third-order valence-corrected chi connectivity index (χ3v) is 2.88. The molecule has 1 rings (SSSR count). The maximum absolute atomic E-state index is 4.58. The van der Waals surface area contributed by atoms with Gasteiger partial charge in [0, 0.05) is 31.9 Å². The summed E-state index contributed by atoms with van der Waals surface area (Å²) in [7, 11) is 0. The van der Waals surface area contributed by atoms with Gasteiger partial charge in [-0.15, -0.1) is 0 Å². The minimum Gasteiger partial charge on any atom is -0.316 e. The highest BCUT2D eigenvalue weighted by atomic mass is 15.3. The van der Waals surface area contributed by atoms with Crippen LogP contribution in [-0.4, -0.2) is 40.9 Å². The molecule has 0 saturated heterocycles. The molecule has 0 atom stereocenters. The van der Waals surface area contributed by atoms with Gasteiger partial charge in [-0.05, 0) is 33.0 Å². The average molecular weight is 238 g/mol. The fraction of sp³-hybridized carbons (Fsp3) is 0.769. The predicted molar refractivity (Wildman–Crippen MR) is 72.1 cm³/mol. The number of hydrogen-bond acceptors (Lipinski definition) is 3. The Hall–Kier alpha value is -0.870. The summed E-state index contributed by atoms with van der Waals surface area (Å²) >= 11 is 0. The number of nitrogens with one attached hydrogen (secondary N) is 1. The van der Waals surface area contributed by atoms with Crippen molar-refractivity contribution in [1.82, 2.24) is 20.0 Å². The van der Waals surface area contributed by atoms with Crippen LogP contribution in [0.15, 0.2) is 12.3 Å². The van der Waals surface area contributed by atoms with Crippen molar-refractivity contribution in [2.75, 3.05) is 26.2 Å². The zero-order chi connectivity index (χ0) is 12.7. The lowest BCUT2D eigenvalue weighted by molar-refractivity contribution is 0.275. The molecule has 0 aliphatic rings. The van der Waals surface area contributed by atoms with Gasteiger partial charge in [-0.1, -0.05) is 13.8 Å². The number of nitrogens with zero attached hydrogens (tertiary/aromatic N) is 3. The molecular weight excluding hydrogens is 212 g/mol. The van der Waals surface area contributed by atoms with Gasteiger partial charge in [-0.3, -0.25) is 9.58 Å². The largest absolute Gasteiger partial charge is 0.316 e. The monoisotopic (exact) mass is 238 g/mol. The molecule has 0 bridgehead atoms. The van der Waals surface area contributed by atoms with Crippen LogP contribution in [0.2, 0.25) is 0 Å². The van der Waals surface area contributed by atoms with E-state index in [2.05, 4.69) is 55.3 Å². The van der Waals surface area contributed by atoms with E-state index in [-0.39, 0.29) is 0 Å². The molecule has 0 aromatic carbocycles. The van der Waals surface area contributed by atoms with Gasteiger partial charge in [0.1, 0.15) is 0 Å². The van der Waals surface area contributed by atoms with E-state index in [1.54, 1.807) is 0 Å². The zero-order valence-electron chi connectivity index (χ0n) is 11.6. The smallest absolute Gasteiger partial charge is 0.0764 e. The summed E-state index contributed by atoms with van der Waals surface area (Å²) in [6.07, 6.45) is 2.07. The first-order chi connectivity index (χ1) is 8.17. The highest BCUT2D eigenvalue weighted by Gasteiger charge is 2.07. The van der Waals surface area contributed by atoms with E-state index in [4.69, 9.17) is 0 Å². The maximum atomic E-state index is 4.58. The van der Waals surface area contributed by atoms with E-state index in [1.165, 1.54) is 0 Å². The Morgan fingerprint density at radius 2 is 2.18 bits per heavy atom. The Balaban J connectivity index is 2.43. The summed E-state index contributed by atoms with van der Waals surface area (Å²) in [4.78, 5) is 2.41. The first kappa shape index (κ1) is 14.2. The fourth-order valence-corrected chi connectivity index (χ4v) is 1.74. The molecule has 0 aliphatic heterocycles. The summed E-state index contributed by atoms with van der Waals surface area (Å²) in [6.45, 7) is 13.8. The van der Waals surface area contributed by atoms with Crippen molar-refractivity contribution >= 4 is 0 Å². The molecule has 0 aliphatic carbocycles. The van der Waals surface area contributed by atoms with Crippen LogP contribution in [0.3, 0.4) is 0 Å². The molecule has 1 heterocycles. The van der Waals surface area contributed by atoms with Crippen LogP contribution in [-0.2, 0) is 6.54 Å². The molecule has 0 spiro atoms. The summed E-state index contributed by atoms with van der Waals surface area (Å²) < 4.78 is 2.02. The van der Waals surface area contributed by atoms with Crippen LogP contribution in [0, 0.1) is 0 Å². The third-order valence-electron chi connectivity index (χ3n) is 2.88. The Morgan fingerprint density at radius 1 is 1.41 bits per heavy atom. The maximum Gasteiger partial charge on any atom is 0.0764 e. The molecule has 0 amide bonds. The van der Waals surface area contributed by atoms with Crippen LogP contribution >= 0.6 is 0 Å². The molecule has 1 aromatic rings. The van der Waals surface area contributed by atoms with Crippen molar-refractivity contribution in [2.45, 2.75) is 40.3 Å². The Morgan fingerprint density at radius 3 is 2.71 bits per heavy atom. The van der Waals surface area contributed by atoms with Crippen molar-refractivity contribution in [2.24, 2.45) is 0 Å². The second-order valence-electron chi connectivity index (χ2n) is 4.60. The van der Waals surface area contributed by atoms with Crippen LogP contribution in [0.1, 0.15) is 39.4 Å². The van der Waals surface area contributed by atoms with E-state index in [9.17, 15) is 0 Å². The first-order valence-electron chi connectivity index (χ1n) is 6.64. The lowest BCUT2D eigenvalue weighted by atomic mass is 10.3. The van der Waals surface area contributed by atoms with Gasteiger partial charge in [-0.2, -0.15) is 5.10 Å². The third kappa shape index (κ3) is 4.88. The lowest BCUT2D eigenvalue weighted by Gasteiger charge is -2.19. The quantitative estimate of drug-likeness (QED) is 0.702. The molecule has 0 unspecified atom stereocenters. The Labute approximate surface area is 105 Å². The SMILES string of the molecule is CCNCCN(CC)Cc1ccn(C(C)C)n1. The summed E-state index contributed by atoms with van der Waals surface area (Å²) in [5.74, 6) is 0. The average Bonchev–Trinajstić information content (AvgIpc) is 2.76. The van der Waals surface area contributed by atoms with Gasteiger partial charge >= 0.3 is 0 Å². The Bertz CT molecular complexity index is 306. The topological polar surface area (TPSA) is 33.1 Å². The fourth-order valence-electron chi connectivity index (χ4n) is 1.74. The molecule has 1 N–H and O–H groups in total. The second kappa shape index (κ2) is 7.45. The summed E-state index contributed by atoms with van der Waals surface area (Å²) in [5, 5.41) is 7.94. The lowest BCUT2D eigenvalue weighted by Crippen LogP contribution is -2.31. The number of rotatable bonds is 8. The molecule has 0 radical (unpaired) electrons. The van der Waals surface area contributed by atoms with E-state index in [1.807, 2.05) is 4.68 Å². The molecule has 4 heteroatoms. The van der Waals surface area contributed by atoms with Crippen LogP contribution in [0.4, 0.5) is 0 Å². The zero-order valence-corrected chi connectivity index (χ0v) is 11.6. The van der Waals surface area contributed by atoms with Crippen molar-refractivity contribution in [1.29, 1.82) is 0 Å². The van der Waals surface area contributed by atoms with E-state index < -0.39 is 0 Å². The second-order valence-corrected chi connectivity index (χ2v) is 4.60. The summed E-state index contributed by atoms with van der Waals surface area (Å²) in [6, 6.07) is 2.57. The van der Waals surface area contributed by atoms with Gasteiger partial charge in [0.15, 0.2) is 0 Å². The van der Waals surface area contributed by atoms with E-state index >= 15 is 0 Å². The highest BCUT2D eigenvalue weighted by Crippen LogP contribution is 2.06. The Kier molecular flexibility index (Phi) is 6.22. The van der Waals surface area contributed by atoms with Gasteiger partial charge in [0.2, 0.25) is 0 Å². The highest BCUT2D eigenvalue weighted by molar-refractivity contribution is 4.99. The molecule has 17 heavy (non-hydrogen) atoms.